The zero-order valence-corrected chi connectivity index (χ0v) is 12.3. The molecule has 0 aliphatic heterocycles. The summed E-state index contributed by atoms with van der Waals surface area (Å²) in [5.74, 6) is 1.10. The van der Waals surface area contributed by atoms with Crippen molar-refractivity contribution < 1.29 is 26.2 Å². The van der Waals surface area contributed by atoms with E-state index >= 15 is 0 Å². The van der Waals surface area contributed by atoms with Crippen molar-refractivity contribution >= 4 is 0 Å². The van der Waals surface area contributed by atoms with Crippen molar-refractivity contribution in [3.8, 4) is 0 Å². The molecule has 0 bridgehead atoms. The molecule has 0 aromatic rings. The first kappa shape index (κ1) is 9.93. The topological polar surface area (TPSA) is 0 Å². The van der Waals surface area contributed by atoms with Crippen molar-refractivity contribution in [2.75, 3.05) is 0 Å². The summed E-state index contributed by atoms with van der Waals surface area (Å²) in [7, 11) is 0. The van der Waals surface area contributed by atoms with Crippen molar-refractivity contribution in [3.63, 3.8) is 0 Å². The van der Waals surface area contributed by atoms with E-state index in [-0.39, 0.29) is 26.2 Å². The van der Waals surface area contributed by atoms with Crippen molar-refractivity contribution in [1.82, 2.24) is 0 Å². The van der Waals surface area contributed by atoms with E-state index in [1.807, 2.05) is 0 Å². The Balaban J connectivity index is 0.000000720. The first-order chi connectivity index (χ1) is 5.45. The summed E-state index contributed by atoms with van der Waals surface area (Å²) in [6.07, 6.45) is 19.6. The van der Waals surface area contributed by atoms with Crippen LogP contribution in [0.5, 0.6) is 0 Å². The Hall–Kier alpha value is -0.157. The van der Waals surface area contributed by atoms with Gasteiger partial charge in [0.25, 0.3) is 0 Å². The van der Waals surface area contributed by atoms with Crippen LogP contribution < -0.4 is 0 Å². The SMILES string of the molecule is C1=CC([CH-]C2C=CC=C2)C=C1.[ZrH3]. The Morgan fingerprint density at radius 1 is 0.667 bits per heavy atom. The van der Waals surface area contributed by atoms with Gasteiger partial charge in [0.1, 0.15) is 0 Å². The van der Waals surface area contributed by atoms with Crippen LogP contribution in [0.4, 0.5) is 0 Å². The van der Waals surface area contributed by atoms with Crippen LogP contribution in [0.1, 0.15) is 0 Å². The van der Waals surface area contributed by atoms with Crippen LogP contribution in [0.25, 0.3) is 0 Å². The zero-order valence-electron chi connectivity index (χ0n) is 7.35. The van der Waals surface area contributed by atoms with Crippen LogP contribution in [0.3, 0.4) is 0 Å². The van der Waals surface area contributed by atoms with Gasteiger partial charge in [-0.05, 0) is 0 Å². The molecule has 0 N–H and O–H groups in total. The number of allylic oxidation sites excluding steroid dienone is 8. The predicted octanol–water partition coefficient (Wildman–Crippen LogP) is 1.87. The molecule has 2 rings (SSSR count). The first-order valence-corrected chi connectivity index (χ1v) is 4.00. The molecule has 2 aliphatic carbocycles. The molecule has 0 spiro atoms. The molecule has 0 atom stereocenters. The van der Waals surface area contributed by atoms with Crippen LogP contribution in [-0.2, 0) is 26.2 Å². The molecule has 0 fully saturated rings. The van der Waals surface area contributed by atoms with Crippen molar-refractivity contribution in [1.29, 1.82) is 0 Å². The second-order valence-electron chi connectivity index (χ2n) is 2.89. The molecule has 12 heavy (non-hydrogen) atoms. The second kappa shape index (κ2) is 4.77. The van der Waals surface area contributed by atoms with Gasteiger partial charge in [-0.1, -0.05) is 24.3 Å². The van der Waals surface area contributed by atoms with E-state index in [0.29, 0.717) is 11.8 Å². The van der Waals surface area contributed by atoms with Gasteiger partial charge in [0.15, 0.2) is 0 Å². The Labute approximate surface area is 92.9 Å². The molecule has 0 amide bonds. The Bertz CT molecular complexity index is 196. The summed E-state index contributed by atoms with van der Waals surface area (Å²) < 4.78 is 0. The molecular formula is C11H14Zr-. The number of hydrogen-bond donors (Lipinski definition) is 0. The average Bonchev–Trinajstić information content (AvgIpc) is 2.60. The van der Waals surface area contributed by atoms with Crippen LogP contribution >= 0.6 is 0 Å². The van der Waals surface area contributed by atoms with Crippen molar-refractivity contribution in [2.24, 2.45) is 11.8 Å². The van der Waals surface area contributed by atoms with Gasteiger partial charge in [-0.2, -0.15) is 0 Å². The molecule has 0 nitrogen and oxygen atoms in total. The third-order valence-electron chi connectivity index (χ3n) is 2.00. The van der Waals surface area contributed by atoms with Gasteiger partial charge in [-0.15, -0.1) is 36.1 Å². The zero-order chi connectivity index (χ0) is 7.52. The monoisotopic (exact) mass is 236 g/mol. The summed E-state index contributed by atoms with van der Waals surface area (Å²) in [5.41, 5.74) is 0. The fourth-order valence-corrected chi connectivity index (χ4v) is 1.41. The Morgan fingerprint density at radius 2 is 1.00 bits per heavy atom. The fraction of sp³-hybridized carbons (Fsp3) is 0.182. The van der Waals surface area contributed by atoms with E-state index in [2.05, 4.69) is 55.0 Å². The average molecular weight is 237 g/mol. The Morgan fingerprint density at radius 3 is 1.33 bits per heavy atom. The third-order valence-corrected chi connectivity index (χ3v) is 2.00. The Kier molecular flexibility index (Phi) is 3.94. The molecule has 0 saturated heterocycles. The molecule has 0 unspecified atom stereocenters. The van der Waals surface area contributed by atoms with Gasteiger partial charge in [0.05, 0.1) is 0 Å². The molecule has 1 heteroatoms. The maximum absolute atomic E-state index is 2.33. The quantitative estimate of drug-likeness (QED) is 0.643. The molecule has 0 radical (unpaired) electrons. The van der Waals surface area contributed by atoms with Crippen LogP contribution in [0.15, 0.2) is 48.6 Å². The fourth-order valence-electron chi connectivity index (χ4n) is 1.41. The van der Waals surface area contributed by atoms with Gasteiger partial charge >= 0.3 is 26.2 Å². The summed E-state index contributed by atoms with van der Waals surface area (Å²) in [5, 5.41) is 0. The number of hydrogen-bond acceptors (Lipinski definition) is 0. The standard InChI is InChI=1S/C11H11.Zr.3H/c1-2-6-10(5-1)9-11-7-3-4-8-11;;;;/h1-11H;;;;/q-1;;;;. The van der Waals surface area contributed by atoms with Gasteiger partial charge < -0.3 is 6.42 Å². The minimum absolute atomic E-state index is 0. The van der Waals surface area contributed by atoms with Gasteiger partial charge in [0, 0.05) is 0 Å². The summed E-state index contributed by atoms with van der Waals surface area (Å²) >= 11 is 0. The van der Waals surface area contributed by atoms with E-state index in [0.717, 1.165) is 0 Å². The normalized spacial score (nSPS) is 20.7. The van der Waals surface area contributed by atoms with Crippen molar-refractivity contribution in [3.05, 3.63) is 55.0 Å². The molecule has 0 aromatic heterocycles. The van der Waals surface area contributed by atoms with E-state index in [9.17, 15) is 0 Å². The summed E-state index contributed by atoms with van der Waals surface area (Å²) in [6.45, 7) is 0. The third kappa shape index (κ3) is 2.42. The van der Waals surface area contributed by atoms with Gasteiger partial charge in [0.2, 0.25) is 0 Å². The molecule has 2 aliphatic rings. The molecular weight excluding hydrogens is 223 g/mol. The van der Waals surface area contributed by atoms with E-state index in [1.54, 1.807) is 0 Å². The summed E-state index contributed by atoms with van der Waals surface area (Å²) in [6, 6.07) is 0. The second-order valence-corrected chi connectivity index (χ2v) is 2.89. The van der Waals surface area contributed by atoms with E-state index in [1.165, 1.54) is 0 Å². The summed E-state index contributed by atoms with van der Waals surface area (Å²) in [4.78, 5) is 0. The van der Waals surface area contributed by atoms with Crippen LogP contribution in [0.2, 0.25) is 0 Å². The molecule has 0 aromatic carbocycles. The molecule has 63 valence electrons. The van der Waals surface area contributed by atoms with E-state index in [4.69, 9.17) is 0 Å². The van der Waals surface area contributed by atoms with Gasteiger partial charge in [-0.3, -0.25) is 0 Å². The van der Waals surface area contributed by atoms with Gasteiger partial charge in [-0.25, -0.2) is 0 Å². The molecule has 0 heterocycles. The first-order valence-electron chi connectivity index (χ1n) is 4.00. The van der Waals surface area contributed by atoms with E-state index < -0.39 is 0 Å². The number of rotatable bonds is 2. The minimum atomic E-state index is 0. The molecule has 0 saturated carbocycles. The van der Waals surface area contributed by atoms with Crippen LogP contribution in [0, 0.1) is 18.3 Å². The predicted molar refractivity (Wildman–Crippen MR) is 52.0 cm³/mol. The van der Waals surface area contributed by atoms with Crippen molar-refractivity contribution in [2.45, 2.75) is 0 Å². The maximum atomic E-state index is 2.33. The van der Waals surface area contributed by atoms with Crippen LogP contribution in [-0.4, -0.2) is 0 Å².